The summed E-state index contributed by atoms with van der Waals surface area (Å²) in [6.45, 7) is 1.88. The van der Waals surface area contributed by atoms with Crippen molar-refractivity contribution in [2.75, 3.05) is 11.0 Å². The highest BCUT2D eigenvalue weighted by Crippen LogP contribution is 2.17. The predicted molar refractivity (Wildman–Crippen MR) is 102 cm³/mol. The largest absolute Gasteiger partial charge is 0.346 e. The van der Waals surface area contributed by atoms with Crippen LogP contribution >= 0.6 is 11.6 Å². The van der Waals surface area contributed by atoms with Crippen molar-refractivity contribution in [3.8, 4) is 0 Å². The van der Waals surface area contributed by atoms with Crippen LogP contribution in [0.15, 0.2) is 54.6 Å². The van der Waals surface area contributed by atoms with E-state index in [0.717, 1.165) is 17.4 Å². The van der Waals surface area contributed by atoms with E-state index in [2.05, 4.69) is 10.0 Å². The van der Waals surface area contributed by atoms with E-state index in [1.807, 2.05) is 25.1 Å². The van der Waals surface area contributed by atoms with Gasteiger partial charge in [-0.25, -0.2) is 8.42 Å². The summed E-state index contributed by atoms with van der Waals surface area (Å²) in [7, 11) is -3.30. The van der Waals surface area contributed by atoms with Crippen LogP contribution in [0.4, 0.5) is 5.69 Å². The number of carbonyl (C=O) groups excluding carboxylic acids is 1. The summed E-state index contributed by atoms with van der Waals surface area (Å²) < 4.78 is 24.7. The number of hydrogen-bond acceptors (Lipinski definition) is 3. The lowest BCUT2D eigenvalue weighted by Crippen LogP contribution is -2.24. The maximum Gasteiger partial charge on any atom is 0.244 e. The molecule has 0 fully saturated rings. The third-order valence-electron chi connectivity index (χ3n) is 3.35. The first-order chi connectivity index (χ1) is 11.7. The Morgan fingerprint density at radius 1 is 1.16 bits per heavy atom. The Bertz CT molecular complexity index is 877. The Balaban J connectivity index is 1.95. The topological polar surface area (TPSA) is 75.3 Å². The van der Waals surface area contributed by atoms with Crippen molar-refractivity contribution < 1.29 is 13.2 Å². The van der Waals surface area contributed by atoms with E-state index in [4.69, 9.17) is 11.6 Å². The van der Waals surface area contributed by atoms with Gasteiger partial charge in [0, 0.05) is 16.8 Å². The van der Waals surface area contributed by atoms with Gasteiger partial charge in [-0.2, -0.15) is 0 Å². The van der Waals surface area contributed by atoms with Crippen LogP contribution in [0.25, 0.3) is 6.08 Å². The normalized spacial score (nSPS) is 12.8. The fourth-order valence-electron chi connectivity index (χ4n) is 2.17. The second-order valence-corrected chi connectivity index (χ2v) is 7.80. The molecular weight excluding hydrogens is 360 g/mol. The molecule has 1 amide bonds. The van der Waals surface area contributed by atoms with Gasteiger partial charge in [0.1, 0.15) is 0 Å². The number of anilines is 1. The molecule has 0 saturated carbocycles. The number of nitrogens with one attached hydrogen (secondary N) is 2. The molecule has 1 unspecified atom stereocenters. The molecule has 2 aromatic carbocycles. The molecular formula is C18H19ClN2O3S. The SMILES string of the molecule is CC(NC(=O)/C=C/c1ccc(NS(C)(=O)=O)cc1)c1cccc(Cl)c1. The van der Waals surface area contributed by atoms with Crippen molar-refractivity contribution in [1.82, 2.24) is 5.32 Å². The molecule has 0 radical (unpaired) electrons. The van der Waals surface area contributed by atoms with Gasteiger partial charge < -0.3 is 5.32 Å². The second-order valence-electron chi connectivity index (χ2n) is 5.61. The van der Waals surface area contributed by atoms with Crippen LogP contribution in [0.1, 0.15) is 24.1 Å². The standard InChI is InChI=1S/C18H19ClN2O3S/c1-13(15-4-3-5-16(19)12-15)20-18(22)11-8-14-6-9-17(10-7-14)21-25(2,23)24/h3-13,21H,1-2H3,(H,20,22)/b11-8+. The molecule has 0 aliphatic carbocycles. The van der Waals surface area contributed by atoms with Crippen molar-refractivity contribution in [1.29, 1.82) is 0 Å². The molecule has 0 aliphatic heterocycles. The zero-order chi connectivity index (χ0) is 18.4. The molecule has 7 heteroatoms. The molecule has 2 N–H and O–H groups in total. The quantitative estimate of drug-likeness (QED) is 0.754. The highest BCUT2D eigenvalue weighted by Gasteiger charge is 2.07. The van der Waals surface area contributed by atoms with Gasteiger partial charge in [0.2, 0.25) is 15.9 Å². The highest BCUT2D eigenvalue weighted by atomic mass is 35.5. The molecule has 2 aromatic rings. The number of hydrogen-bond donors (Lipinski definition) is 2. The van der Waals surface area contributed by atoms with E-state index in [9.17, 15) is 13.2 Å². The average Bonchev–Trinajstić information content (AvgIpc) is 2.53. The summed E-state index contributed by atoms with van der Waals surface area (Å²) in [6.07, 6.45) is 4.18. The van der Waals surface area contributed by atoms with Crippen molar-refractivity contribution in [3.63, 3.8) is 0 Å². The Morgan fingerprint density at radius 3 is 2.44 bits per heavy atom. The monoisotopic (exact) mass is 378 g/mol. The Hall–Kier alpha value is -2.31. The van der Waals surface area contributed by atoms with Crippen molar-refractivity contribution in [2.45, 2.75) is 13.0 Å². The summed E-state index contributed by atoms with van der Waals surface area (Å²) >= 11 is 5.95. The Morgan fingerprint density at radius 2 is 1.84 bits per heavy atom. The van der Waals surface area contributed by atoms with E-state index < -0.39 is 10.0 Å². The van der Waals surface area contributed by atoms with Gasteiger partial charge in [0.25, 0.3) is 0 Å². The molecule has 2 rings (SSSR count). The van der Waals surface area contributed by atoms with E-state index in [-0.39, 0.29) is 11.9 Å². The first-order valence-electron chi connectivity index (χ1n) is 7.55. The van der Waals surface area contributed by atoms with Gasteiger partial charge in [0.05, 0.1) is 12.3 Å². The Kier molecular flexibility index (Phi) is 6.22. The maximum absolute atomic E-state index is 12.0. The maximum atomic E-state index is 12.0. The predicted octanol–water partition coefficient (Wildman–Crippen LogP) is 3.60. The van der Waals surface area contributed by atoms with Crippen molar-refractivity contribution >= 4 is 39.3 Å². The summed E-state index contributed by atoms with van der Waals surface area (Å²) in [5, 5.41) is 3.48. The number of sulfonamides is 1. The van der Waals surface area contributed by atoms with Gasteiger partial charge in [-0.1, -0.05) is 35.9 Å². The molecule has 1 atom stereocenters. The summed E-state index contributed by atoms with van der Waals surface area (Å²) in [5.41, 5.74) is 2.17. The van der Waals surface area contributed by atoms with Gasteiger partial charge in [-0.15, -0.1) is 0 Å². The van der Waals surface area contributed by atoms with E-state index in [1.54, 1.807) is 36.4 Å². The molecule has 0 heterocycles. The number of amides is 1. The number of halogens is 1. The van der Waals surface area contributed by atoms with Gasteiger partial charge >= 0.3 is 0 Å². The highest BCUT2D eigenvalue weighted by molar-refractivity contribution is 7.92. The Labute approximate surface area is 152 Å². The van der Waals surface area contributed by atoms with E-state index in [0.29, 0.717) is 10.7 Å². The minimum atomic E-state index is -3.30. The lowest BCUT2D eigenvalue weighted by atomic mass is 10.1. The van der Waals surface area contributed by atoms with Crippen LogP contribution in [0, 0.1) is 0 Å². The fraction of sp³-hybridized carbons (Fsp3) is 0.167. The number of rotatable bonds is 6. The molecule has 0 aliphatic rings. The van der Waals surface area contributed by atoms with E-state index >= 15 is 0 Å². The zero-order valence-electron chi connectivity index (χ0n) is 13.9. The molecule has 0 spiro atoms. The second kappa shape index (κ2) is 8.18. The number of benzene rings is 2. The molecule has 0 aromatic heterocycles. The van der Waals surface area contributed by atoms with Crippen LogP contribution in [0.2, 0.25) is 5.02 Å². The molecule has 25 heavy (non-hydrogen) atoms. The van der Waals surface area contributed by atoms with Gasteiger partial charge in [-0.05, 0) is 48.4 Å². The minimum Gasteiger partial charge on any atom is -0.346 e. The van der Waals surface area contributed by atoms with Crippen LogP contribution in [0.5, 0.6) is 0 Å². The molecule has 0 saturated heterocycles. The van der Waals surface area contributed by atoms with Gasteiger partial charge in [-0.3, -0.25) is 9.52 Å². The van der Waals surface area contributed by atoms with Gasteiger partial charge in [0.15, 0.2) is 0 Å². The summed E-state index contributed by atoms with van der Waals surface area (Å²) in [6, 6.07) is 13.9. The molecule has 5 nitrogen and oxygen atoms in total. The molecule has 132 valence electrons. The van der Waals surface area contributed by atoms with Crippen LogP contribution in [-0.4, -0.2) is 20.6 Å². The lowest BCUT2D eigenvalue weighted by molar-refractivity contribution is -0.117. The van der Waals surface area contributed by atoms with Crippen LogP contribution < -0.4 is 10.0 Å². The first kappa shape index (κ1) is 19.0. The van der Waals surface area contributed by atoms with E-state index in [1.165, 1.54) is 6.08 Å². The molecule has 0 bridgehead atoms. The lowest BCUT2D eigenvalue weighted by Gasteiger charge is -2.13. The summed E-state index contributed by atoms with van der Waals surface area (Å²) in [5.74, 6) is -0.231. The number of carbonyl (C=O) groups is 1. The van der Waals surface area contributed by atoms with Crippen LogP contribution in [-0.2, 0) is 14.8 Å². The first-order valence-corrected chi connectivity index (χ1v) is 9.82. The smallest absolute Gasteiger partial charge is 0.244 e. The van der Waals surface area contributed by atoms with Crippen molar-refractivity contribution in [3.05, 3.63) is 70.8 Å². The summed E-state index contributed by atoms with van der Waals surface area (Å²) in [4.78, 5) is 12.0. The third-order valence-corrected chi connectivity index (χ3v) is 4.19. The average molecular weight is 379 g/mol. The fourth-order valence-corrected chi connectivity index (χ4v) is 2.93. The van der Waals surface area contributed by atoms with Crippen molar-refractivity contribution in [2.24, 2.45) is 0 Å². The minimum absolute atomic E-state index is 0.169. The third kappa shape index (κ3) is 6.60. The zero-order valence-corrected chi connectivity index (χ0v) is 15.4. The van der Waals surface area contributed by atoms with Crippen LogP contribution in [0.3, 0.4) is 0 Å².